The number of rotatable bonds is 3. The Morgan fingerprint density at radius 1 is 1.21 bits per heavy atom. The maximum atomic E-state index is 9.43. The van der Waals surface area contributed by atoms with Gasteiger partial charge < -0.3 is 9.84 Å². The molecule has 0 aliphatic rings. The third-order valence-electron chi connectivity index (χ3n) is 1.43. The van der Waals surface area contributed by atoms with E-state index in [0.717, 1.165) is 0 Å². The molecule has 0 saturated heterocycles. The highest BCUT2D eigenvalue weighted by molar-refractivity contribution is 6.34. The fraction of sp³-hybridized carbons (Fsp3) is 0.400. The molecule has 1 aromatic rings. The van der Waals surface area contributed by atoms with Gasteiger partial charge >= 0.3 is 0 Å². The van der Waals surface area contributed by atoms with Crippen LogP contribution in [0.3, 0.4) is 0 Å². The second-order valence-corrected chi connectivity index (χ2v) is 4.58. The van der Waals surface area contributed by atoms with Crippen LogP contribution in [0.5, 0.6) is 5.75 Å². The zero-order valence-corrected chi connectivity index (χ0v) is 9.56. The van der Waals surface area contributed by atoms with Crippen LogP contribution in [0.4, 0.5) is 0 Å². The molecule has 0 bridgehead atoms. The van der Waals surface area contributed by atoms with Crippen LogP contribution in [0, 0.1) is 0 Å². The monoisotopic (exact) mass is 234 g/mol. The largest absolute Gasteiger partial charge is 0.491 e. The topological polar surface area (TPSA) is 29.5 Å². The molecule has 0 aliphatic heterocycles. The van der Waals surface area contributed by atoms with Crippen LogP contribution in [-0.4, -0.2) is 17.3 Å². The molecule has 0 spiro atoms. The van der Waals surface area contributed by atoms with Crippen molar-refractivity contribution in [2.24, 2.45) is 0 Å². The molecule has 1 N–H and O–H groups in total. The number of benzene rings is 1. The molecular formula is C10H12Cl2O2. The van der Waals surface area contributed by atoms with Crippen molar-refractivity contribution >= 4 is 23.2 Å². The third-order valence-corrected chi connectivity index (χ3v) is 1.86. The highest BCUT2D eigenvalue weighted by Crippen LogP contribution is 2.24. The molecule has 78 valence electrons. The van der Waals surface area contributed by atoms with Crippen molar-refractivity contribution in [3.63, 3.8) is 0 Å². The maximum absolute atomic E-state index is 9.43. The van der Waals surface area contributed by atoms with E-state index >= 15 is 0 Å². The summed E-state index contributed by atoms with van der Waals surface area (Å²) in [5, 5.41) is 10.5. The van der Waals surface area contributed by atoms with Gasteiger partial charge in [-0.3, -0.25) is 0 Å². The van der Waals surface area contributed by atoms with E-state index in [1.807, 2.05) is 0 Å². The van der Waals surface area contributed by atoms with Gasteiger partial charge in [-0.25, -0.2) is 0 Å². The molecule has 0 atom stereocenters. The lowest BCUT2D eigenvalue weighted by Crippen LogP contribution is -2.27. The van der Waals surface area contributed by atoms with Crippen molar-refractivity contribution in [3.05, 3.63) is 28.2 Å². The van der Waals surface area contributed by atoms with Gasteiger partial charge in [0.2, 0.25) is 0 Å². The predicted molar refractivity (Wildman–Crippen MR) is 58.3 cm³/mol. The van der Waals surface area contributed by atoms with Crippen molar-refractivity contribution in [2.75, 3.05) is 6.61 Å². The predicted octanol–water partition coefficient (Wildman–Crippen LogP) is 3.14. The molecule has 0 radical (unpaired) electrons. The van der Waals surface area contributed by atoms with E-state index in [2.05, 4.69) is 0 Å². The first-order valence-electron chi connectivity index (χ1n) is 4.18. The summed E-state index contributed by atoms with van der Waals surface area (Å²) in [4.78, 5) is 0. The minimum atomic E-state index is -0.866. The van der Waals surface area contributed by atoms with Gasteiger partial charge in [-0.2, -0.15) is 0 Å². The summed E-state index contributed by atoms with van der Waals surface area (Å²) in [5.41, 5.74) is -0.866. The normalized spacial score (nSPS) is 11.5. The second-order valence-electron chi connectivity index (χ2n) is 3.71. The summed E-state index contributed by atoms with van der Waals surface area (Å²) in [6.07, 6.45) is 0. The Morgan fingerprint density at radius 2 is 1.71 bits per heavy atom. The Kier molecular flexibility index (Phi) is 3.65. The van der Waals surface area contributed by atoms with E-state index < -0.39 is 5.60 Å². The van der Waals surface area contributed by atoms with Crippen molar-refractivity contribution in [1.29, 1.82) is 0 Å². The summed E-state index contributed by atoms with van der Waals surface area (Å²) < 4.78 is 5.31. The van der Waals surface area contributed by atoms with E-state index in [4.69, 9.17) is 27.9 Å². The second kappa shape index (κ2) is 4.39. The highest BCUT2D eigenvalue weighted by atomic mass is 35.5. The van der Waals surface area contributed by atoms with Crippen LogP contribution in [0.25, 0.3) is 0 Å². The Labute approximate surface area is 93.4 Å². The van der Waals surface area contributed by atoms with Crippen LogP contribution >= 0.6 is 23.2 Å². The van der Waals surface area contributed by atoms with Gasteiger partial charge in [0.05, 0.1) is 5.60 Å². The highest BCUT2D eigenvalue weighted by Gasteiger charge is 2.13. The minimum Gasteiger partial charge on any atom is -0.491 e. The number of hydrogen-bond donors (Lipinski definition) is 1. The summed E-state index contributed by atoms with van der Waals surface area (Å²) in [7, 11) is 0. The van der Waals surface area contributed by atoms with Crippen LogP contribution in [0.1, 0.15) is 13.8 Å². The Bertz CT molecular complexity index is 298. The standard InChI is InChI=1S/C10H12Cl2O2/c1-10(2,13)6-14-9-4-7(11)3-8(12)5-9/h3-5,13H,6H2,1-2H3. The van der Waals surface area contributed by atoms with Crippen molar-refractivity contribution < 1.29 is 9.84 Å². The Balaban J connectivity index is 2.68. The van der Waals surface area contributed by atoms with Crippen molar-refractivity contribution in [3.8, 4) is 5.75 Å². The van der Waals surface area contributed by atoms with Gasteiger partial charge in [-0.05, 0) is 32.0 Å². The summed E-state index contributed by atoms with van der Waals surface area (Å²) >= 11 is 11.5. The maximum Gasteiger partial charge on any atom is 0.122 e. The molecule has 1 rings (SSSR count). The zero-order chi connectivity index (χ0) is 10.8. The van der Waals surface area contributed by atoms with E-state index in [1.165, 1.54) is 0 Å². The van der Waals surface area contributed by atoms with Gasteiger partial charge in [-0.1, -0.05) is 23.2 Å². The molecule has 0 fully saturated rings. The summed E-state index contributed by atoms with van der Waals surface area (Å²) in [6.45, 7) is 3.53. The first-order valence-corrected chi connectivity index (χ1v) is 4.94. The van der Waals surface area contributed by atoms with E-state index in [-0.39, 0.29) is 6.61 Å². The molecule has 2 nitrogen and oxygen atoms in total. The van der Waals surface area contributed by atoms with Gasteiger partial charge in [-0.15, -0.1) is 0 Å². The smallest absolute Gasteiger partial charge is 0.122 e. The van der Waals surface area contributed by atoms with Crippen LogP contribution in [0.15, 0.2) is 18.2 Å². The zero-order valence-electron chi connectivity index (χ0n) is 8.05. The molecule has 4 heteroatoms. The van der Waals surface area contributed by atoms with E-state index in [0.29, 0.717) is 15.8 Å². The van der Waals surface area contributed by atoms with Gasteiger partial charge in [0.15, 0.2) is 0 Å². The molecule has 0 heterocycles. The molecule has 0 saturated carbocycles. The van der Waals surface area contributed by atoms with Gasteiger partial charge in [0, 0.05) is 10.0 Å². The lowest BCUT2D eigenvalue weighted by atomic mass is 10.2. The number of halogens is 2. The first-order chi connectivity index (χ1) is 6.37. The molecule has 14 heavy (non-hydrogen) atoms. The van der Waals surface area contributed by atoms with Crippen LogP contribution in [-0.2, 0) is 0 Å². The molecular weight excluding hydrogens is 223 g/mol. The van der Waals surface area contributed by atoms with Crippen molar-refractivity contribution in [1.82, 2.24) is 0 Å². The molecule has 1 aromatic carbocycles. The number of hydrogen-bond acceptors (Lipinski definition) is 2. The molecule has 0 aliphatic carbocycles. The molecule has 0 aromatic heterocycles. The Morgan fingerprint density at radius 3 is 2.14 bits per heavy atom. The van der Waals surface area contributed by atoms with E-state index in [1.54, 1.807) is 32.0 Å². The lowest BCUT2D eigenvalue weighted by Gasteiger charge is -2.17. The summed E-state index contributed by atoms with van der Waals surface area (Å²) in [6, 6.07) is 4.93. The fourth-order valence-electron chi connectivity index (χ4n) is 0.872. The average molecular weight is 235 g/mol. The van der Waals surface area contributed by atoms with Gasteiger partial charge in [0.25, 0.3) is 0 Å². The average Bonchev–Trinajstić information content (AvgIpc) is 1.97. The third kappa shape index (κ3) is 4.18. The summed E-state index contributed by atoms with van der Waals surface area (Å²) in [5.74, 6) is 0.560. The molecule has 0 amide bonds. The minimum absolute atomic E-state index is 0.198. The van der Waals surface area contributed by atoms with Crippen molar-refractivity contribution in [2.45, 2.75) is 19.4 Å². The number of ether oxygens (including phenoxy) is 1. The van der Waals surface area contributed by atoms with Crippen LogP contribution < -0.4 is 4.74 Å². The quantitative estimate of drug-likeness (QED) is 0.871. The Hall–Kier alpha value is -0.440. The first kappa shape index (κ1) is 11.6. The number of aliphatic hydroxyl groups is 1. The van der Waals surface area contributed by atoms with Gasteiger partial charge in [0.1, 0.15) is 12.4 Å². The van der Waals surface area contributed by atoms with E-state index in [9.17, 15) is 5.11 Å². The lowest BCUT2D eigenvalue weighted by molar-refractivity contribution is 0.0285. The fourth-order valence-corrected chi connectivity index (χ4v) is 1.38. The molecule has 0 unspecified atom stereocenters. The van der Waals surface area contributed by atoms with Crippen LogP contribution in [0.2, 0.25) is 10.0 Å². The SMILES string of the molecule is CC(C)(O)COc1cc(Cl)cc(Cl)c1.